The van der Waals surface area contributed by atoms with E-state index in [1.54, 1.807) is 12.1 Å². The van der Waals surface area contributed by atoms with Crippen LogP contribution in [0.25, 0.3) is 0 Å². The molecule has 0 saturated heterocycles. The molecule has 1 rings (SSSR count). The van der Waals surface area contributed by atoms with Crippen LogP contribution in [-0.2, 0) is 0 Å². The maximum absolute atomic E-state index is 11.8. The second-order valence-electron chi connectivity index (χ2n) is 3.62. The van der Waals surface area contributed by atoms with E-state index in [9.17, 15) is 4.79 Å². The molecular formula is C12H16BrNO. The second-order valence-corrected chi connectivity index (χ2v) is 4.47. The van der Waals surface area contributed by atoms with Gasteiger partial charge in [0.15, 0.2) is 5.78 Å². The van der Waals surface area contributed by atoms with Crippen LogP contribution in [0.5, 0.6) is 0 Å². The van der Waals surface area contributed by atoms with Gasteiger partial charge in [-0.1, -0.05) is 35.7 Å². The van der Waals surface area contributed by atoms with Crippen LogP contribution in [0.15, 0.2) is 22.7 Å². The van der Waals surface area contributed by atoms with E-state index in [1.165, 1.54) is 0 Å². The number of rotatable bonds is 5. The SMILES string of the molecule is CCCCCC(=O)c1cc(N)ccc1Br. The number of halogens is 1. The highest BCUT2D eigenvalue weighted by atomic mass is 79.9. The van der Waals surface area contributed by atoms with E-state index in [-0.39, 0.29) is 5.78 Å². The van der Waals surface area contributed by atoms with Gasteiger partial charge in [-0.3, -0.25) is 4.79 Å². The highest BCUT2D eigenvalue weighted by Crippen LogP contribution is 2.21. The molecule has 0 radical (unpaired) electrons. The Kier molecular flexibility index (Phi) is 4.82. The zero-order valence-electron chi connectivity index (χ0n) is 8.92. The largest absolute Gasteiger partial charge is 0.399 e. The normalized spacial score (nSPS) is 10.3. The van der Waals surface area contributed by atoms with Crippen LogP contribution in [0.4, 0.5) is 5.69 Å². The van der Waals surface area contributed by atoms with Crippen molar-refractivity contribution in [1.29, 1.82) is 0 Å². The van der Waals surface area contributed by atoms with Gasteiger partial charge >= 0.3 is 0 Å². The molecule has 82 valence electrons. The van der Waals surface area contributed by atoms with Crippen LogP contribution >= 0.6 is 15.9 Å². The van der Waals surface area contributed by atoms with E-state index in [2.05, 4.69) is 22.9 Å². The summed E-state index contributed by atoms with van der Waals surface area (Å²) in [6, 6.07) is 5.34. The first kappa shape index (κ1) is 12.2. The molecule has 0 heterocycles. The van der Waals surface area contributed by atoms with Crippen molar-refractivity contribution in [2.45, 2.75) is 32.6 Å². The van der Waals surface area contributed by atoms with E-state index in [0.29, 0.717) is 17.7 Å². The third-order valence-electron chi connectivity index (χ3n) is 2.30. The summed E-state index contributed by atoms with van der Waals surface area (Å²) in [5, 5.41) is 0. The summed E-state index contributed by atoms with van der Waals surface area (Å²) >= 11 is 3.36. The lowest BCUT2D eigenvalue weighted by Gasteiger charge is -2.04. The van der Waals surface area contributed by atoms with Gasteiger partial charge in [0, 0.05) is 22.1 Å². The number of carbonyl (C=O) groups excluding carboxylic acids is 1. The van der Waals surface area contributed by atoms with Crippen molar-refractivity contribution in [1.82, 2.24) is 0 Å². The van der Waals surface area contributed by atoms with Gasteiger partial charge in [-0.05, 0) is 24.6 Å². The average molecular weight is 270 g/mol. The highest BCUT2D eigenvalue weighted by Gasteiger charge is 2.09. The fourth-order valence-corrected chi connectivity index (χ4v) is 1.89. The molecule has 15 heavy (non-hydrogen) atoms. The molecule has 0 fully saturated rings. The minimum Gasteiger partial charge on any atom is -0.399 e. The summed E-state index contributed by atoms with van der Waals surface area (Å²) in [7, 11) is 0. The lowest BCUT2D eigenvalue weighted by molar-refractivity contribution is 0.0978. The Morgan fingerprint density at radius 3 is 2.80 bits per heavy atom. The van der Waals surface area contributed by atoms with Crippen molar-refractivity contribution in [2.24, 2.45) is 0 Å². The summed E-state index contributed by atoms with van der Waals surface area (Å²) in [5.74, 6) is 0.169. The Morgan fingerprint density at radius 2 is 2.13 bits per heavy atom. The smallest absolute Gasteiger partial charge is 0.164 e. The monoisotopic (exact) mass is 269 g/mol. The molecule has 2 N–H and O–H groups in total. The summed E-state index contributed by atoms with van der Waals surface area (Å²) in [4.78, 5) is 11.8. The molecule has 0 amide bonds. The number of hydrogen-bond donors (Lipinski definition) is 1. The molecule has 0 saturated carbocycles. The quantitative estimate of drug-likeness (QED) is 0.502. The maximum atomic E-state index is 11.8. The minimum atomic E-state index is 0.169. The molecule has 0 bridgehead atoms. The molecule has 1 aromatic rings. The number of carbonyl (C=O) groups is 1. The van der Waals surface area contributed by atoms with Crippen molar-refractivity contribution in [3.05, 3.63) is 28.2 Å². The van der Waals surface area contributed by atoms with Crippen molar-refractivity contribution in [3.63, 3.8) is 0 Å². The fraction of sp³-hybridized carbons (Fsp3) is 0.417. The molecule has 2 nitrogen and oxygen atoms in total. The lowest BCUT2D eigenvalue weighted by Crippen LogP contribution is -2.01. The minimum absolute atomic E-state index is 0.169. The Balaban J connectivity index is 2.68. The zero-order chi connectivity index (χ0) is 11.3. The number of ketones is 1. The van der Waals surface area contributed by atoms with Gasteiger partial charge in [0.2, 0.25) is 0 Å². The predicted molar refractivity (Wildman–Crippen MR) is 67.0 cm³/mol. The van der Waals surface area contributed by atoms with Crippen LogP contribution < -0.4 is 5.73 Å². The number of hydrogen-bond acceptors (Lipinski definition) is 2. The van der Waals surface area contributed by atoms with Crippen LogP contribution in [0.2, 0.25) is 0 Å². The third kappa shape index (κ3) is 3.67. The lowest BCUT2D eigenvalue weighted by atomic mass is 10.0. The molecular weight excluding hydrogens is 254 g/mol. The summed E-state index contributed by atoms with van der Waals surface area (Å²) < 4.78 is 0.832. The number of nitrogen functional groups attached to an aromatic ring is 1. The number of nitrogens with two attached hydrogens (primary N) is 1. The first-order chi connectivity index (χ1) is 7.15. The summed E-state index contributed by atoms with van der Waals surface area (Å²) in [6.45, 7) is 2.13. The predicted octanol–water partition coefficient (Wildman–Crippen LogP) is 3.79. The average Bonchev–Trinajstić information content (AvgIpc) is 2.22. The van der Waals surface area contributed by atoms with Gasteiger partial charge in [-0.2, -0.15) is 0 Å². The van der Waals surface area contributed by atoms with E-state index >= 15 is 0 Å². The first-order valence-corrected chi connectivity index (χ1v) is 6.02. The van der Waals surface area contributed by atoms with Gasteiger partial charge in [-0.15, -0.1) is 0 Å². The Bertz CT molecular complexity index is 349. The van der Waals surface area contributed by atoms with Crippen LogP contribution in [0.3, 0.4) is 0 Å². The number of unbranched alkanes of at least 4 members (excludes halogenated alkanes) is 2. The molecule has 0 aliphatic heterocycles. The Hall–Kier alpha value is -0.830. The van der Waals surface area contributed by atoms with Crippen LogP contribution in [-0.4, -0.2) is 5.78 Å². The molecule has 3 heteroatoms. The molecule has 0 aliphatic carbocycles. The Morgan fingerprint density at radius 1 is 1.40 bits per heavy atom. The maximum Gasteiger partial charge on any atom is 0.164 e. The van der Waals surface area contributed by atoms with Crippen molar-refractivity contribution >= 4 is 27.4 Å². The van der Waals surface area contributed by atoms with Gasteiger partial charge < -0.3 is 5.73 Å². The van der Waals surface area contributed by atoms with Gasteiger partial charge in [0.1, 0.15) is 0 Å². The van der Waals surface area contributed by atoms with Crippen molar-refractivity contribution in [2.75, 3.05) is 5.73 Å². The van der Waals surface area contributed by atoms with E-state index < -0.39 is 0 Å². The van der Waals surface area contributed by atoms with Gasteiger partial charge in [0.05, 0.1) is 0 Å². The first-order valence-electron chi connectivity index (χ1n) is 5.23. The van der Waals surface area contributed by atoms with Gasteiger partial charge in [-0.25, -0.2) is 0 Å². The molecule has 0 atom stereocenters. The van der Waals surface area contributed by atoms with Crippen LogP contribution in [0, 0.1) is 0 Å². The molecule has 0 spiro atoms. The van der Waals surface area contributed by atoms with Crippen molar-refractivity contribution in [3.8, 4) is 0 Å². The zero-order valence-corrected chi connectivity index (χ0v) is 10.5. The summed E-state index contributed by atoms with van der Waals surface area (Å²) in [6.07, 6.45) is 3.80. The Labute approximate surface area is 99.0 Å². The molecule has 0 aliphatic rings. The van der Waals surface area contributed by atoms with Crippen LogP contribution in [0.1, 0.15) is 43.0 Å². The molecule has 1 aromatic carbocycles. The van der Waals surface area contributed by atoms with E-state index in [4.69, 9.17) is 5.73 Å². The van der Waals surface area contributed by atoms with E-state index in [0.717, 1.165) is 23.7 Å². The third-order valence-corrected chi connectivity index (χ3v) is 2.99. The molecule has 0 aromatic heterocycles. The topological polar surface area (TPSA) is 43.1 Å². The number of Topliss-reactive ketones (excluding diaryl/α,β-unsaturated/α-hetero) is 1. The number of anilines is 1. The standard InChI is InChI=1S/C12H16BrNO/c1-2-3-4-5-12(15)10-8-9(14)6-7-11(10)13/h6-8H,2-5,14H2,1H3. The number of benzene rings is 1. The van der Waals surface area contributed by atoms with Gasteiger partial charge in [0.25, 0.3) is 0 Å². The fourth-order valence-electron chi connectivity index (χ4n) is 1.43. The second kappa shape index (κ2) is 5.91. The van der Waals surface area contributed by atoms with E-state index in [1.807, 2.05) is 6.07 Å². The molecule has 0 unspecified atom stereocenters. The highest BCUT2D eigenvalue weighted by molar-refractivity contribution is 9.10. The summed E-state index contributed by atoms with van der Waals surface area (Å²) in [5.41, 5.74) is 6.98. The van der Waals surface area contributed by atoms with Crippen molar-refractivity contribution < 1.29 is 4.79 Å².